The Morgan fingerprint density at radius 3 is 2.38 bits per heavy atom. The maximum absolute atomic E-state index is 6.33. The summed E-state index contributed by atoms with van der Waals surface area (Å²) in [6.45, 7) is 3.39. The van der Waals surface area contributed by atoms with Crippen LogP contribution in [-0.2, 0) is 4.74 Å². The molecule has 1 atom stereocenters. The maximum Gasteiger partial charge on any atom is 0.0771 e. The van der Waals surface area contributed by atoms with Gasteiger partial charge in [-0.15, -0.1) is 0 Å². The van der Waals surface area contributed by atoms with Crippen molar-refractivity contribution in [1.29, 1.82) is 0 Å². The molecule has 0 aromatic rings. The van der Waals surface area contributed by atoms with E-state index in [0.29, 0.717) is 0 Å². The lowest BCUT2D eigenvalue weighted by Crippen LogP contribution is -2.39. The fourth-order valence-electron chi connectivity index (χ4n) is 2.97. The van der Waals surface area contributed by atoms with Crippen LogP contribution in [-0.4, -0.2) is 16.6 Å². The smallest absolute Gasteiger partial charge is 0.0771 e. The topological polar surface area (TPSA) is 9.23 Å². The number of halogens is 1. The molecule has 1 unspecified atom stereocenters. The van der Waals surface area contributed by atoms with Crippen LogP contribution in [0.25, 0.3) is 0 Å². The molecule has 0 heterocycles. The number of hydrogen-bond acceptors (Lipinski definition) is 1. The summed E-state index contributed by atoms with van der Waals surface area (Å²) in [6.07, 6.45) is 11.1. The largest absolute Gasteiger partial charge is 0.374 e. The monoisotopic (exact) mass is 336 g/mol. The first-order chi connectivity index (χ1) is 7.76. The van der Waals surface area contributed by atoms with Gasteiger partial charge in [0.15, 0.2) is 0 Å². The number of rotatable bonds is 5. The zero-order valence-electron chi connectivity index (χ0n) is 10.5. The Hall–Kier alpha value is 0.690. The molecule has 16 heavy (non-hydrogen) atoms. The van der Waals surface area contributed by atoms with Crippen LogP contribution in [0.3, 0.4) is 0 Å². The van der Waals surface area contributed by atoms with E-state index in [-0.39, 0.29) is 5.60 Å². The predicted octanol–water partition coefficient (Wildman–Crippen LogP) is 4.58. The van der Waals surface area contributed by atoms with Crippen molar-refractivity contribution in [3.05, 3.63) is 0 Å². The number of ether oxygens (including phenoxy) is 1. The first kappa shape index (κ1) is 13.1. The van der Waals surface area contributed by atoms with E-state index in [1.807, 2.05) is 0 Å². The lowest BCUT2D eigenvalue weighted by atomic mass is 9.77. The van der Waals surface area contributed by atoms with E-state index in [1.54, 1.807) is 0 Å². The summed E-state index contributed by atoms with van der Waals surface area (Å²) in [4.78, 5) is 0. The average Bonchev–Trinajstić information content (AvgIpc) is 2.25. The van der Waals surface area contributed by atoms with Gasteiger partial charge in [0.1, 0.15) is 0 Å². The van der Waals surface area contributed by atoms with E-state index in [1.165, 1.54) is 55.8 Å². The van der Waals surface area contributed by atoms with Gasteiger partial charge in [-0.2, -0.15) is 0 Å². The second kappa shape index (κ2) is 6.03. The van der Waals surface area contributed by atoms with Gasteiger partial charge in [0.2, 0.25) is 0 Å². The van der Waals surface area contributed by atoms with Crippen molar-refractivity contribution in [2.24, 2.45) is 11.8 Å². The third kappa shape index (κ3) is 3.12. The van der Waals surface area contributed by atoms with Gasteiger partial charge in [0.05, 0.1) is 12.2 Å². The Labute approximate surface area is 114 Å². The van der Waals surface area contributed by atoms with Crippen molar-refractivity contribution >= 4 is 22.6 Å². The molecule has 0 spiro atoms. The fourth-order valence-corrected chi connectivity index (χ4v) is 3.95. The van der Waals surface area contributed by atoms with E-state index >= 15 is 0 Å². The molecule has 0 N–H and O–H groups in total. The van der Waals surface area contributed by atoms with Crippen LogP contribution < -0.4 is 0 Å². The van der Waals surface area contributed by atoms with Crippen LogP contribution in [0.4, 0.5) is 0 Å². The molecule has 0 bridgehead atoms. The third-order valence-electron chi connectivity index (χ3n) is 4.62. The second-order valence-corrected chi connectivity index (χ2v) is 6.62. The van der Waals surface area contributed by atoms with E-state index in [0.717, 1.165) is 18.4 Å². The van der Waals surface area contributed by atoms with Crippen LogP contribution in [0.15, 0.2) is 0 Å². The quantitative estimate of drug-likeness (QED) is 0.528. The molecule has 0 saturated heterocycles. The minimum Gasteiger partial charge on any atom is -0.374 e. The molecule has 2 saturated carbocycles. The van der Waals surface area contributed by atoms with Crippen molar-refractivity contribution in [2.75, 3.05) is 11.0 Å². The Morgan fingerprint density at radius 1 is 1.19 bits per heavy atom. The van der Waals surface area contributed by atoms with E-state index in [2.05, 4.69) is 29.5 Å². The summed E-state index contributed by atoms with van der Waals surface area (Å²) in [5.74, 6) is 1.75. The number of alkyl halides is 1. The molecular formula is C14H25IO. The Kier molecular flexibility index (Phi) is 4.95. The highest BCUT2D eigenvalue weighted by Gasteiger charge is 2.33. The standard InChI is InChI=1S/C14H25IO/c1-12(13-6-5-7-13)10-16-14(11-15)8-3-2-4-9-14/h12-13H,2-11H2,1H3. The first-order valence-corrected chi connectivity index (χ1v) is 8.48. The van der Waals surface area contributed by atoms with Crippen LogP contribution in [0, 0.1) is 11.8 Å². The summed E-state index contributed by atoms with van der Waals surface area (Å²) < 4.78 is 7.51. The van der Waals surface area contributed by atoms with Crippen LogP contribution >= 0.6 is 22.6 Å². The molecule has 1 nitrogen and oxygen atoms in total. The predicted molar refractivity (Wildman–Crippen MR) is 77.2 cm³/mol. The maximum atomic E-state index is 6.33. The first-order valence-electron chi connectivity index (χ1n) is 6.96. The van der Waals surface area contributed by atoms with Crippen molar-refractivity contribution in [3.63, 3.8) is 0 Å². The summed E-state index contributed by atoms with van der Waals surface area (Å²) in [6, 6.07) is 0. The lowest BCUT2D eigenvalue weighted by molar-refractivity contribution is -0.0738. The molecule has 0 aliphatic heterocycles. The molecule has 2 rings (SSSR count). The van der Waals surface area contributed by atoms with Gasteiger partial charge >= 0.3 is 0 Å². The second-order valence-electron chi connectivity index (χ2n) is 5.86. The van der Waals surface area contributed by atoms with Crippen molar-refractivity contribution in [2.45, 2.75) is 63.9 Å². The molecular weight excluding hydrogens is 311 g/mol. The summed E-state index contributed by atoms with van der Waals surface area (Å²) >= 11 is 2.52. The minimum atomic E-state index is 0.247. The van der Waals surface area contributed by atoms with Crippen molar-refractivity contribution in [1.82, 2.24) is 0 Å². The Bertz CT molecular complexity index is 207. The molecule has 2 aliphatic carbocycles. The van der Waals surface area contributed by atoms with Gasteiger partial charge in [-0.25, -0.2) is 0 Å². The summed E-state index contributed by atoms with van der Waals surface area (Å²) in [7, 11) is 0. The normalized spacial score (nSPS) is 27.4. The molecule has 2 heteroatoms. The van der Waals surface area contributed by atoms with E-state index < -0.39 is 0 Å². The highest BCUT2D eigenvalue weighted by atomic mass is 127. The lowest BCUT2D eigenvalue weighted by Gasteiger charge is -2.39. The highest BCUT2D eigenvalue weighted by Crippen LogP contribution is 2.37. The molecule has 94 valence electrons. The number of hydrogen-bond donors (Lipinski definition) is 0. The molecule has 0 aromatic heterocycles. The molecule has 2 aliphatic rings. The van der Waals surface area contributed by atoms with Gasteiger partial charge in [-0.1, -0.05) is 68.0 Å². The highest BCUT2D eigenvalue weighted by molar-refractivity contribution is 14.1. The molecule has 0 radical (unpaired) electrons. The van der Waals surface area contributed by atoms with Crippen molar-refractivity contribution in [3.8, 4) is 0 Å². The molecule has 0 aromatic carbocycles. The van der Waals surface area contributed by atoms with Gasteiger partial charge < -0.3 is 4.74 Å². The Balaban J connectivity index is 1.76. The van der Waals surface area contributed by atoms with Gasteiger partial charge in [-0.05, 0) is 24.7 Å². The molecule has 0 amide bonds. The van der Waals surface area contributed by atoms with Crippen LogP contribution in [0.5, 0.6) is 0 Å². The summed E-state index contributed by atoms with van der Waals surface area (Å²) in [5.41, 5.74) is 0.247. The van der Waals surface area contributed by atoms with Crippen LogP contribution in [0.2, 0.25) is 0 Å². The van der Waals surface area contributed by atoms with E-state index in [4.69, 9.17) is 4.74 Å². The molecule has 2 fully saturated rings. The zero-order chi connectivity index (χ0) is 11.4. The van der Waals surface area contributed by atoms with Crippen LogP contribution in [0.1, 0.15) is 58.3 Å². The summed E-state index contributed by atoms with van der Waals surface area (Å²) in [5, 5.41) is 0. The van der Waals surface area contributed by atoms with Gasteiger partial charge in [0, 0.05) is 4.43 Å². The van der Waals surface area contributed by atoms with Crippen molar-refractivity contribution < 1.29 is 4.74 Å². The van der Waals surface area contributed by atoms with Gasteiger partial charge in [-0.3, -0.25) is 0 Å². The third-order valence-corrected chi connectivity index (χ3v) is 6.01. The van der Waals surface area contributed by atoms with E-state index in [9.17, 15) is 0 Å². The minimum absolute atomic E-state index is 0.247. The fraction of sp³-hybridized carbons (Fsp3) is 1.00. The van der Waals surface area contributed by atoms with Gasteiger partial charge in [0.25, 0.3) is 0 Å². The Morgan fingerprint density at radius 2 is 1.88 bits per heavy atom. The SMILES string of the molecule is CC(COC1(CI)CCCCC1)C1CCC1. The zero-order valence-corrected chi connectivity index (χ0v) is 12.7. The average molecular weight is 336 g/mol.